The van der Waals surface area contributed by atoms with Gasteiger partial charge in [-0.2, -0.15) is 8.42 Å². The maximum Gasteiger partial charge on any atom is 0.296 e. The molecule has 0 amide bonds. The van der Waals surface area contributed by atoms with Gasteiger partial charge in [-0.1, -0.05) is 29.8 Å². The summed E-state index contributed by atoms with van der Waals surface area (Å²) in [6.45, 7) is 2.66. The first kappa shape index (κ1) is 20.5. The van der Waals surface area contributed by atoms with E-state index >= 15 is 0 Å². The number of aryl methyl sites for hydroxylation is 1. The minimum absolute atomic E-state index is 0.132. The third-order valence-electron chi connectivity index (χ3n) is 4.62. The molecule has 0 radical (unpaired) electrons. The van der Waals surface area contributed by atoms with Crippen LogP contribution in [0, 0.1) is 6.92 Å². The number of para-hydroxylation sites is 1. The highest BCUT2D eigenvalue weighted by molar-refractivity contribution is 7.86. The van der Waals surface area contributed by atoms with Gasteiger partial charge in [-0.25, -0.2) is 4.98 Å². The van der Waals surface area contributed by atoms with E-state index in [0.29, 0.717) is 13.0 Å². The zero-order valence-electron chi connectivity index (χ0n) is 16.5. The Kier molecular flexibility index (Phi) is 6.13. The summed E-state index contributed by atoms with van der Waals surface area (Å²) in [4.78, 5) is 4.86. The number of nitrogens with zero attached hydrogens (tertiary/aromatic N) is 1. The molecule has 1 heterocycles. The molecule has 154 valence electrons. The summed E-state index contributed by atoms with van der Waals surface area (Å²) in [5, 5.41) is 4.29. The second-order valence-corrected chi connectivity index (χ2v) is 9.58. The van der Waals surface area contributed by atoms with Crippen LogP contribution in [0.2, 0.25) is 0 Å². The number of aromatic nitrogens is 1. The molecule has 0 spiro atoms. The Morgan fingerprint density at radius 3 is 2.43 bits per heavy atom. The molecule has 0 bridgehead atoms. The fourth-order valence-corrected chi connectivity index (χ4v) is 4.89. The summed E-state index contributed by atoms with van der Waals surface area (Å²) in [6.07, 6.45) is 0.574. The van der Waals surface area contributed by atoms with Crippen molar-refractivity contribution in [2.45, 2.75) is 18.2 Å². The Hall–Kier alpha value is -2.74. The number of rotatable bonds is 8. The maximum atomic E-state index is 12.2. The monoisotopic (exact) mass is 438 g/mol. The average molecular weight is 439 g/mol. The van der Waals surface area contributed by atoms with Crippen LogP contribution in [-0.2, 0) is 14.3 Å². The molecule has 0 aliphatic heterocycles. The Morgan fingerprint density at radius 1 is 0.967 bits per heavy atom. The molecular formula is C23H22N2O3S2. The van der Waals surface area contributed by atoms with Gasteiger partial charge < -0.3 is 5.32 Å². The molecule has 0 aliphatic rings. The Morgan fingerprint density at radius 2 is 1.70 bits per heavy atom. The second-order valence-electron chi connectivity index (χ2n) is 6.93. The number of fused-ring (bicyclic) bond motifs is 1. The van der Waals surface area contributed by atoms with Crippen LogP contribution in [0.25, 0.3) is 20.8 Å². The van der Waals surface area contributed by atoms with Crippen LogP contribution in [0.1, 0.15) is 12.0 Å². The van der Waals surface area contributed by atoms with Gasteiger partial charge in [0.25, 0.3) is 10.1 Å². The standard InChI is InChI=1S/C23H22N2O3S2/c1-17-7-13-20(14-8-17)30(26,27)28-16-4-15-24-19-11-9-18(10-12-19)23-25-21-5-2-3-6-22(21)29-23/h2-3,5-14,24H,4,15-16H2,1H3. The molecule has 0 saturated carbocycles. The Balaban J connectivity index is 1.27. The zero-order chi connectivity index (χ0) is 21.0. The van der Waals surface area contributed by atoms with Crippen molar-refractivity contribution < 1.29 is 12.6 Å². The van der Waals surface area contributed by atoms with Gasteiger partial charge in [0.15, 0.2) is 0 Å². The van der Waals surface area contributed by atoms with Crippen LogP contribution < -0.4 is 5.32 Å². The van der Waals surface area contributed by atoms with Gasteiger partial charge in [-0.15, -0.1) is 11.3 Å². The largest absolute Gasteiger partial charge is 0.385 e. The summed E-state index contributed by atoms with van der Waals surface area (Å²) < 4.78 is 30.6. The van der Waals surface area contributed by atoms with Gasteiger partial charge in [0.2, 0.25) is 0 Å². The quantitative estimate of drug-likeness (QED) is 0.291. The van der Waals surface area contributed by atoms with Gasteiger partial charge in [0.1, 0.15) is 5.01 Å². The lowest BCUT2D eigenvalue weighted by Gasteiger charge is -2.08. The van der Waals surface area contributed by atoms with Crippen LogP contribution in [0.5, 0.6) is 0 Å². The first-order chi connectivity index (χ1) is 14.5. The number of benzene rings is 3. The minimum Gasteiger partial charge on any atom is -0.385 e. The molecule has 0 unspecified atom stereocenters. The first-order valence-corrected chi connectivity index (χ1v) is 11.9. The van der Waals surface area contributed by atoms with E-state index in [4.69, 9.17) is 4.18 Å². The molecule has 4 rings (SSSR count). The molecule has 5 nitrogen and oxygen atoms in total. The first-order valence-electron chi connectivity index (χ1n) is 9.67. The lowest BCUT2D eigenvalue weighted by molar-refractivity contribution is 0.316. The van der Waals surface area contributed by atoms with Crippen molar-refractivity contribution in [3.8, 4) is 10.6 Å². The SMILES string of the molecule is Cc1ccc(S(=O)(=O)OCCCNc2ccc(-c3nc4ccccc4s3)cc2)cc1. The zero-order valence-corrected chi connectivity index (χ0v) is 18.2. The Labute approximate surface area is 180 Å². The Bertz CT molecular complexity index is 1200. The molecule has 4 aromatic rings. The maximum absolute atomic E-state index is 12.2. The van der Waals surface area contributed by atoms with Crippen molar-refractivity contribution in [3.05, 3.63) is 78.4 Å². The lowest BCUT2D eigenvalue weighted by atomic mass is 10.2. The van der Waals surface area contributed by atoms with Crippen LogP contribution in [0.15, 0.2) is 77.7 Å². The molecule has 0 atom stereocenters. The van der Waals surface area contributed by atoms with Crippen LogP contribution in [0.3, 0.4) is 0 Å². The molecule has 3 aromatic carbocycles. The summed E-state index contributed by atoms with van der Waals surface area (Å²) >= 11 is 1.68. The lowest BCUT2D eigenvalue weighted by Crippen LogP contribution is -2.11. The molecule has 1 N–H and O–H groups in total. The molecule has 0 fully saturated rings. The van der Waals surface area contributed by atoms with E-state index in [9.17, 15) is 8.42 Å². The predicted octanol–water partition coefficient (Wildman–Crippen LogP) is 5.48. The summed E-state index contributed by atoms with van der Waals surface area (Å²) in [5.74, 6) is 0. The topological polar surface area (TPSA) is 68.3 Å². The fraction of sp³-hybridized carbons (Fsp3) is 0.174. The third-order valence-corrected chi connectivity index (χ3v) is 7.04. The molecular weight excluding hydrogens is 416 g/mol. The van der Waals surface area contributed by atoms with Gasteiger partial charge in [0, 0.05) is 17.8 Å². The number of nitrogens with one attached hydrogen (secondary N) is 1. The van der Waals surface area contributed by atoms with E-state index in [2.05, 4.69) is 16.4 Å². The van der Waals surface area contributed by atoms with Gasteiger partial charge >= 0.3 is 0 Å². The summed E-state index contributed by atoms with van der Waals surface area (Å²) in [5.41, 5.74) is 4.07. The van der Waals surface area contributed by atoms with E-state index in [1.54, 1.807) is 35.6 Å². The van der Waals surface area contributed by atoms with E-state index in [-0.39, 0.29) is 11.5 Å². The van der Waals surface area contributed by atoms with E-state index in [1.165, 1.54) is 4.70 Å². The molecule has 0 aliphatic carbocycles. The number of anilines is 1. The van der Waals surface area contributed by atoms with Crippen molar-refractivity contribution >= 4 is 37.4 Å². The van der Waals surface area contributed by atoms with E-state index < -0.39 is 10.1 Å². The van der Waals surface area contributed by atoms with E-state index in [1.807, 2.05) is 49.4 Å². The summed E-state index contributed by atoms with van der Waals surface area (Å²) in [6, 6.07) is 22.9. The number of hydrogen-bond acceptors (Lipinski definition) is 6. The molecule has 0 saturated heterocycles. The smallest absolute Gasteiger partial charge is 0.296 e. The van der Waals surface area contributed by atoms with Crippen LogP contribution >= 0.6 is 11.3 Å². The number of thiazole rings is 1. The van der Waals surface area contributed by atoms with Crippen LogP contribution in [0.4, 0.5) is 5.69 Å². The normalized spacial score (nSPS) is 11.6. The highest BCUT2D eigenvalue weighted by atomic mass is 32.2. The number of hydrogen-bond donors (Lipinski definition) is 1. The third kappa shape index (κ3) is 4.87. The highest BCUT2D eigenvalue weighted by Crippen LogP contribution is 2.30. The summed E-state index contributed by atoms with van der Waals surface area (Å²) in [7, 11) is -3.70. The average Bonchev–Trinajstić information content (AvgIpc) is 3.18. The van der Waals surface area contributed by atoms with Gasteiger partial charge in [0.05, 0.1) is 21.7 Å². The van der Waals surface area contributed by atoms with Crippen molar-refractivity contribution in [3.63, 3.8) is 0 Å². The van der Waals surface area contributed by atoms with Crippen molar-refractivity contribution in [1.82, 2.24) is 4.98 Å². The van der Waals surface area contributed by atoms with E-state index in [0.717, 1.165) is 27.3 Å². The fourth-order valence-electron chi connectivity index (χ4n) is 2.97. The van der Waals surface area contributed by atoms with Crippen molar-refractivity contribution in [1.29, 1.82) is 0 Å². The van der Waals surface area contributed by atoms with Crippen molar-refractivity contribution in [2.24, 2.45) is 0 Å². The van der Waals surface area contributed by atoms with Crippen LogP contribution in [-0.4, -0.2) is 26.6 Å². The molecule has 1 aromatic heterocycles. The minimum atomic E-state index is -3.70. The highest BCUT2D eigenvalue weighted by Gasteiger charge is 2.14. The second kappa shape index (κ2) is 8.95. The van der Waals surface area contributed by atoms with Gasteiger partial charge in [-0.3, -0.25) is 4.18 Å². The van der Waals surface area contributed by atoms with Gasteiger partial charge in [-0.05, 0) is 61.9 Å². The molecule has 7 heteroatoms. The van der Waals surface area contributed by atoms with Crippen molar-refractivity contribution in [2.75, 3.05) is 18.5 Å². The predicted molar refractivity (Wildman–Crippen MR) is 122 cm³/mol. The molecule has 30 heavy (non-hydrogen) atoms.